The Morgan fingerprint density at radius 3 is 2.24 bits per heavy atom. The molecule has 1 N–H and O–H groups in total. The van der Waals surface area contributed by atoms with Crippen LogP contribution in [0.2, 0.25) is 5.02 Å². The highest BCUT2D eigenvalue weighted by Gasteiger charge is 2.32. The minimum Gasteiger partial charge on any atom is -0.478 e. The average Bonchev–Trinajstić information content (AvgIpc) is 2.35. The zero-order valence-electron chi connectivity index (χ0n) is 12.7. The van der Waals surface area contributed by atoms with Crippen molar-refractivity contribution in [3.8, 4) is 0 Å². The molecule has 1 aromatic rings. The van der Waals surface area contributed by atoms with Gasteiger partial charge in [-0.15, -0.1) is 0 Å². The zero-order chi connectivity index (χ0) is 16.6. The van der Waals surface area contributed by atoms with E-state index in [0.29, 0.717) is 0 Å². The Balaban J connectivity index is 3.26. The van der Waals surface area contributed by atoms with Gasteiger partial charge in [0.25, 0.3) is 0 Å². The molecule has 7 heteroatoms. The fourth-order valence-electron chi connectivity index (χ4n) is 1.75. The fourth-order valence-corrected chi connectivity index (χ4v) is 3.65. The summed E-state index contributed by atoms with van der Waals surface area (Å²) in [6.07, 6.45) is 0. The van der Waals surface area contributed by atoms with Crippen molar-refractivity contribution in [2.75, 3.05) is 7.05 Å². The summed E-state index contributed by atoms with van der Waals surface area (Å²) in [5.41, 5.74) is -0.353. The molecule has 0 amide bonds. The van der Waals surface area contributed by atoms with Gasteiger partial charge < -0.3 is 5.11 Å². The molecule has 21 heavy (non-hydrogen) atoms. The van der Waals surface area contributed by atoms with E-state index < -0.39 is 16.0 Å². The second kappa shape index (κ2) is 5.94. The lowest BCUT2D eigenvalue weighted by Crippen LogP contribution is -2.42. The van der Waals surface area contributed by atoms with Gasteiger partial charge in [0.2, 0.25) is 10.0 Å². The number of rotatable bonds is 4. The van der Waals surface area contributed by atoms with Gasteiger partial charge in [0, 0.05) is 13.1 Å². The predicted octanol–water partition coefficient (Wildman–Crippen LogP) is 3.09. The zero-order valence-corrected chi connectivity index (χ0v) is 14.3. The molecular formula is C14H20ClNO4S. The van der Waals surface area contributed by atoms with Crippen LogP contribution < -0.4 is 0 Å². The Bertz CT molecular complexity index is 649. The largest absolute Gasteiger partial charge is 0.478 e. The lowest BCUT2D eigenvalue weighted by molar-refractivity contribution is 0.0697. The Kier molecular flexibility index (Phi) is 5.08. The normalized spacial score (nSPS) is 14.2. The Hall–Kier alpha value is -1.11. The summed E-state index contributed by atoms with van der Waals surface area (Å²) < 4.78 is 26.4. The molecule has 0 bridgehead atoms. The summed E-state index contributed by atoms with van der Waals surface area (Å²) in [6.45, 7) is 7.67. The van der Waals surface area contributed by atoms with E-state index in [1.54, 1.807) is 0 Å². The van der Waals surface area contributed by atoms with Gasteiger partial charge in [-0.3, -0.25) is 0 Å². The number of benzene rings is 1. The first-order valence-electron chi connectivity index (χ1n) is 6.40. The summed E-state index contributed by atoms with van der Waals surface area (Å²) in [6, 6.07) is 3.40. The number of carbonyl (C=O) groups is 1. The van der Waals surface area contributed by atoms with Gasteiger partial charge in [-0.25, -0.2) is 13.2 Å². The second-order valence-electron chi connectivity index (χ2n) is 6.01. The summed E-state index contributed by atoms with van der Waals surface area (Å²) in [5, 5.41) is 8.82. The van der Waals surface area contributed by atoms with Gasteiger partial charge in [-0.05, 0) is 30.5 Å². The summed E-state index contributed by atoms with van der Waals surface area (Å²) in [7, 11) is -2.23. The predicted molar refractivity (Wildman–Crippen MR) is 82.3 cm³/mol. The van der Waals surface area contributed by atoms with Crippen LogP contribution in [0.15, 0.2) is 23.1 Å². The van der Waals surface area contributed by atoms with Crippen LogP contribution in [0.1, 0.15) is 38.1 Å². The number of halogens is 1. The van der Waals surface area contributed by atoms with E-state index in [9.17, 15) is 13.2 Å². The SMILES string of the molecule is CC(N(C)S(=O)(=O)c1ccc(C(=O)O)c(Cl)c1)C(C)(C)C. The van der Waals surface area contributed by atoms with Gasteiger partial charge in [-0.1, -0.05) is 32.4 Å². The van der Waals surface area contributed by atoms with Crippen LogP contribution in [0.5, 0.6) is 0 Å². The molecular weight excluding hydrogens is 314 g/mol. The van der Waals surface area contributed by atoms with Crippen molar-refractivity contribution in [1.29, 1.82) is 0 Å². The molecule has 0 fully saturated rings. The van der Waals surface area contributed by atoms with E-state index in [0.717, 1.165) is 0 Å². The summed E-state index contributed by atoms with van der Waals surface area (Å²) >= 11 is 5.84. The number of sulfonamides is 1. The van der Waals surface area contributed by atoms with Gasteiger partial charge in [-0.2, -0.15) is 4.31 Å². The van der Waals surface area contributed by atoms with E-state index in [2.05, 4.69) is 0 Å². The molecule has 0 aliphatic carbocycles. The van der Waals surface area contributed by atoms with Crippen molar-refractivity contribution in [1.82, 2.24) is 4.31 Å². The van der Waals surface area contributed by atoms with Crippen LogP contribution in [0.4, 0.5) is 0 Å². The minimum atomic E-state index is -3.73. The standard InChI is InChI=1S/C14H20ClNO4S/c1-9(14(2,3)4)16(5)21(19,20)10-6-7-11(13(17)18)12(15)8-10/h6-9H,1-5H3,(H,17,18). The molecule has 1 atom stereocenters. The molecule has 0 aliphatic rings. The maximum atomic E-state index is 12.6. The Labute approximate surface area is 130 Å². The molecule has 0 radical (unpaired) electrons. The number of aromatic carboxylic acids is 1. The number of carboxylic acids is 1. The molecule has 1 unspecified atom stereocenters. The minimum absolute atomic E-state index is 0.0175. The monoisotopic (exact) mass is 333 g/mol. The van der Waals surface area contributed by atoms with Crippen LogP contribution in [0, 0.1) is 5.41 Å². The number of nitrogens with zero attached hydrogens (tertiary/aromatic N) is 1. The van der Waals surface area contributed by atoms with Crippen molar-refractivity contribution in [2.24, 2.45) is 5.41 Å². The van der Waals surface area contributed by atoms with Gasteiger partial charge in [0.15, 0.2) is 0 Å². The first-order chi connectivity index (χ1) is 9.39. The Morgan fingerprint density at radius 1 is 1.33 bits per heavy atom. The summed E-state index contributed by atoms with van der Waals surface area (Å²) in [5.74, 6) is -1.19. The molecule has 118 valence electrons. The van der Waals surface area contributed by atoms with Crippen LogP contribution in [-0.2, 0) is 10.0 Å². The smallest absolute Gasteiger partial charge is 0.337 e. The maximum absolute atomic E-state index is 12.6. The third-order valence-electron chi connectivity index (χ3n) is 3.65. The van der Waals surface area contributed by atoms with Crippen LogP contribution in [-0.4, -0.2) is 36.9 Å². The molecule has 0 aromatic heterocycles. The molecule has 0 saturated carbocycles. The first-order valence-corrected chi connectivity index (χ1v) is 8.21. The van der Waals surface area contributed by atoms with Crippen molar-refractivity contribution in [3.05, 3.63) is 28.8 Å². The number of hydrogen-bond acceptors (Lipinski definition) is 3. The third-order valence-corrected chi connectivity index (χ3v) is 5.88. The lowest BCUT2D eigenvalue weighted by Gasteiger charge is -2.34. The number of carboxylic acid groups (broad SMARTS) is 1. The highest BCUT2D eigenvalue weighted by Crippen LogP contribution is 2.29. The first kappa shape index (κ1) is 17.9. The molecule has 0 heterocycles. The van der Waals surface area contributed by atoms with E-state index in [1.165, 1.54) is 29.6 Å². The fraction of sp³-hybridized carbons (Fsp3) is 0.500. The van der Waals surface area contributed by atoms with Gasteiger partial charge in [0.05, 0.1) is 15.5 Å². The molecule has 5 nitrogen and oxygen atoms in total. The second-order valence-corrected chi connectivity index (χ2v) is 8.41. The molecule has 1 rings (SSSR count). The highest BCUT2D eigenvalue weighted by molar-refractivity contribution is 7.89. The molecule has 1 aromatic carbocycles. The van der Waals surface area contributed by atoms with E-state index >= 15 is 0 Å². The van der Waals surface area contributed by atoms with Crippen LogP contribution >= 0.6 is 11.6 Å². The van der Waals surface area contributed by atoms with Crippen LogP contribution in [0.3, 0.4) is 0 Å². The van der Waals surface area contributed by atoms with Gasteiger partial charge >= 0.3 is 5.97 Å². The lowest BCUT2D eigenvalue weighted by atomic mass is 9.88. The maximum Gasteiger partial charge on any atom is 0.337 e. The van der Waals surface area contributed by atoms with E-state index in [4.69, 9.17) is 16.7 Å². The topological polar surface area (TPSA) is 74.7 Å². The molecule has 0 aliphatic heterocycles. The summed E-state index contributed by atoms with van der Waals surface area (Å²) in [4.78, 5) is 10.9. The van der Waals surface area contributed by atoms with E-state index in [-0.39, 0.29) is 26.9 Å². The number of hydrogen-bond donors (Lipinski definition) is 1. The molecule has 0 saturated heterocycles. The van der Waals surface area contributed by atoms with Crippen molar-refractivity contribution in [3.63, 3.8) is 0 Å². The third kappa shape index (κ3) is 3.75. The quantitative estimate of drug-likeness (QED) is 0.918. The Morgan fingerprint density at radius 2 is 1.86 bits per heavy atom. The average molecular weight is 334 g/mol. The molecule has 0 spiro atoms. The van der Waals surface area contributed by atoms with Crippen molar-refractivity contribution in [2.45, 2.75) is 38.6 Å². The van der Waals surface area contributed by atoms with Crippen molar-refractivity contribution >= 4 is 27.6 Å². The van der Waals surface area contributed by atoms with Crippen molar-refractivity contribution < 1.29 is 18.3 Å². The van der Waals surface area contributed by atoms with Crippen LogP contribution in [0.25, 0.3) is 0 Å². The van der Waals surface area contributed by atoms with E-state index in [1.807, 2.05) is 27.7 Å². The highest BCUT2D eigenvalue weighted by atomic mass is 35.5. The van der Waals surface area contributed by atoms with Gasteiger partial charge in [0.1, 0.15) is 0 Å².